The highest BCUT2D eigenvalue weighted by Crippen LogP contribution is 2.39. The molecule has 1 N–H and O–H groups in total. The topological polar surface area (TPSA) is 59.0 Å². The molecule has 1 heterocycles. The molecular weight excluding hydrogens is 434 g/mol. The first kappa shape index (κ1) is 21.7. The van der Waals surface area contributed by atoms with Crippen LogP contribution in [0.3, 0.4) is 0 Å². The molecule has 0 radical (unpaired) electrons. The Labute approximate surface area is 180 Å². The maximum absolute atomic E-state index is 11.6. The number of halogens is 1. The molecule has 2 unspecified atom stereocenters. The van der Waals surface area contributed by atoms with Crippen molar-refractivity contribution >= 4 is 21.9 Å². The number of ether oxygens (including phenoxy) is 2. The van der Waals surface area contributed by atoms with Crippen LogP contribution in [0.25, 0.3) is 0 Å². The van der Waals surface area contributed by atoms with E-state index in [1.165, 1.54) is 0 Å². The molecule has 0 saturated carbocycles. The Kier molecular flexibility index (Phi) is 7.56. The highest BCUT2D eigenvalue weighted by Gasteiger charge is 2.32. The fourth-order valence-corrected chi connectivity index (χ4v) is 4.47. The molecule has 0 aliphatic carbocycles. The summed E-state index contributed by atoms with van der Waals surface area (Å²) in [6.07, 6.45) is 1.59. The number of hydrogen-bond acceptors (Lipinski definition) is 4. The molecule has 0 bridgehead atoms. The Bertz CT molecular complexity index is 841. The number of benzene rings is 2. The van der Waals surface area contributed by atoms with Gasteiger partial charge in [0.05, 0.1) is 25.2 Å². The molecule has 1 aliphatic heterocycles. The zero-order chi connectivity index (χ0) is 20.8. The highest BCUT2D eigenvalue weighted by atomic mass is 79.9. The number of carboxylic acids is 1. The normalized spacial score (nSPS) is 18.2. The van der Waals surface area contributed by atoms with Gasteiger partial charge in [0, 0.05) is 11.0 Å². The van der Waals surface area contributed by atoms with Crippen LogP contribution in [0.15, 0.2) is 46.9 Å². The lowest BCUT2D eigenvalue weighted by Gasteiger charge is -2.38. The summed E-state index contributed by atoms with van der Waals surface area (Å²) in [7, 11) is 0. The zero-order valence-corrected chi connectivity index (χ0v) is 18.5. The van der Waals surface area contributed by atoms with E-state index >= 15 is 0 Å². The van der Waals surface area contributed by atoms with E-state index in [9.17, 15) is 9.90 Å². The Balaban J connectivity index is 2.05. The third-order valence-corrected chi connectivity index (χ3v) is 5.97. The van der Waals surface area contributed by atoms with Crippen LogP contribution in [-0.2, 0) is 4.79 Å². The molecule has 1 fully saturated rings. The number of carboxylic acid groups (broad SMARTS) is 1. The maximum atomic E-state index is 11.6. The highest BCUT2D eigenvalue weighted by molar-refractivity contribution is 9.10. The van der Waals surface area contributed by atoms with Crippen molar-refractivity contribution in [1.29, 1.82) is 0 Å². The first-order chi connectivity index (χ1) is 14.0. The molecule has 2 aromatic carbocycles. The van der Waals surface area contributed by atoms with Crippen LogP contribution in [-0.4, -0.2) is 42.3 Å². The van der Waals surface area contributed by atoms with Crippen molar-refractivity contribution in [2.45, 2.75) is 32.7 Å². The molecule has 2 aromatic rings. The lowest BCUT2D eigenvalue weighted by atomic mass is 9.91. The minimum Gasteiger partial charge on any atom is -0.490 e. The monoisotopic (exact) mass is 461 g/mol. The number of nitrogens with zero attached hydrogens (tertiary/aromatic N) is 1. The van der Waals surface area contributed by atoms with E-state index in [0.29, 0.717) is 19.8 Å². The van der Waals surface area contributed by atoms with Gasteiger partial charge in [-0.2, -0.15) is 0 Å². The average molecular weight is 462 g/mol. The minimum atomic E-state index is -0.720. The van der Waals surface area contributed by atoms with E-state index in [1.807, 2.05) is 44.2 Å². The van der Waals surface area contributed by atoms with Crippen LogP contribution < -0.4 is 9.47 Å². The zero-order valence-electron chi connectivity index (χ0n) is 16.9. The smallest absolute Gasteiger partial charge is 0.307 e. The van der Waals surface area contributed by atoms with Gasteiger partial charge in [-0.1, -0.05) is 40.2 Å². The number of piperidine rings is 1. The van der Waals surface area contributed by atoms with Gasteiger partial charge in [-0.3, -0.25) is 9.69 Å². The van der Waals surface area contributed by atoms with Crippen molar-refractivity contribution in [2.24, 2.45) is 5.92 Å². The quantitative estimate of drug-likeness (QED) is 0.589. The SMILES string of the molecule is CCOc1ccc(C(c2ccccc2Br)N2CCCC(C(=O)O)C2)cc1OCC. The van der Waals surface area contributed by atoms with Crippen molar-refractivity contribution in [3.8, 4) is 11.5 Å². The van der Waals surface area contributed by atoms with Gasteiger partial charge >= 0.3 is 5.97 Å². The molecule has 3 rings (SSSR count). The largest absolute Gasteiger partial charge is 0.490 e. The molecule has 1 saturated heterocycles. The summed E-state index contributed by atoms with van der Waals surface area (Å²) in [4.78, 5) is 13.9. The molecular formula is C23H28BrNO4. The Morgan fingerprint density at radius 3 is 2.59 bits per heavy atom. The van der Waals surface area contributed by atoms with Gasteiger partial charge in [0.15, 0.2) is 11.5 Å². The Hall–Kier alpha value is -2.05. The summed E-state index contributed by atoms with van der Waals surface area (Å²) < 4.78 is 12.6. The van der Waals surface area contributed by atoms with Crippen molar-refractivity contribution in [3.05, 3.63) is 58.1 Å². The van der Waals surface area contributed by atoms with Crippen LogP contribution in [0.4, 0.5) is 0 Å². The molecule has 156 valence electrons. The van der Waals surface area contributed by atoms with E-state index in [1.54, 1.807) is 0 Å². The molecule has 1 aliphatic rings. The second-order valence-corrected chi connectivity index (χ2v) is 8.02. The lowest BCUT2D eigenvalue weighted by molar-refractivity contribution is -0.143. The molecule has 2 atom stereocenters. The van der Waals surface area contributed by atoms with Crippen molar-refractivity contribution in [1.82, 2.24) is 4.90 Å². The number of likely N-dealkylation sites (tertiary alicyclic amines) is 1. The minimum absolute atomic E-state index is 0.0670. The molecule has 0 amide bonds. The predicted octanol–water partition coefficient (Wildman–Crippen LogP) is 5.13. The summed E-state index contributed by atoms with van der Waals surface area (Å²) in [5, 5.41) is 9.57. The summed E-state index contributed by atoms with van der Waals surface area (Å²) in [6.45, 7) is 6.40. The summed E-state index contributed by atoms with van der Waals surface area (Å²) in [5.74, 6) is 0.381. The second kappa shape index (κ2) is 10.1. The van der Waals surface area contributed by atoms with Crippen LogP contribution in [0, 0.1) is 5.92 Å². The third kappa shape index (κ3) is 5.11. The number of carbonyl (C=O) groups is 1. The maximum Gasteiger partial charge on any atom is 0.307 e. The third-order valence-electron chi connectivity index (χ3n) is 5.25. The van der Waals surface area contributed by atoms with Gasteiger partial charge in [0.2, 0.25) is 0 Å². The Morgan fingerprint density at radius 2 is 1.90 bits per heavy atom. The van der Waals surface area contributed by atoms with Crippen LogP contribution >= 0.6 is 15.9 Å². The summed E-state index contributed by atoms with van der Waals surface area (Å²) in [6, 6.07) is 14.1. The summed E-state index contributed by atoms with van der Waals surface area (Å²) in [5.41, 5.74) is 2.18. The molecule has 6 heteroatoms. The van der Waals surface area contributed by atoms with Gasteiger partial charge in [-0.25, -0.2) is 0 Å². The summed E-state index contributed by atoms with van der Waals surface area (Å²) >= 11 is 3.69. The van der Waals surface area contributed by atoms with Gasteiger partial charge in [0.25, 0.3) is 0 Å². The fraction of sp³-hybridized carbons (Fsp3) is 0.435. The lowest BCUT2D eigenvalue weighted by Crippen LogP contribution is -2.41. The van der Waals surface area contributed by atoms with E-state index in [-0.39, 0.29) is 12.0 Å². The molecule has 0 spiro atoms. The van der Waals surface area contributed by atoms with Gasteiger partial charge < -0.3 is 14.6 Å². The first-order valence-electron chi connectivity index (χ1n) is 10.2. The Morgan fingerprint density at radius 1 is 1.17 bits per heavy atom. The molecule has 0 aromatic heterocycles. The van der Waals surface area contributed by atoms with E-state index in [0.717, 1.165) is 46.5 Å². The second-order valence-electron chi connectivity index (χ2n) is 7.17. The van der Waals surface area contributed by atoms with Gasteiger partial charge in [-0.05, 0) is 62.6 Å². The predicted molar refractivity (Wildman–Crippen MR) is 117 cm³/mol. The number of hydrogen-bond donors (Lipinski definition) is 1. The molecule has 29 heavy (non-hydrogen) atoms. The van der Waals surface area contributed by atoms with Crippen LogP contribution in [0.5, 0.6) is 11.5 Å². The first-order valence-corrected chi connectivity index (χ1v) is 10.9. The van der Waals surface area contributed by atoms with E-state index < -0.39 is 5.97 Å². The van der Waals surface area contributed by atoms with E-state index in [2.05, 4.69) is 33.0 Å². The van der Waals surface area contributed by atoms with Gasteiger partial charge in [0.1, 0.15) is 0 Å². The van der Waals surface area contributed by atoms with Crippen molar-refractivity contribution in [2.75, 3.05) is 26.3 Å². The van der Waals surface area contributed by atoms with Gasteiger partial charge in [-0.15, -0.1) is 0 Å². The van der Waals surface area contributed by atoms with Crippen LogP contribution in [0.2, 0.25) is 0 Å². The number of rotatable bonds is 8. The fourth-order valence-electron chi connectivity index (χ4n) is 3.96. The van der Waals surface area contributed by atoms with Crippen LogP contribution in [0.1, 0.15) is 43.9 Å². The standard InChI is InChI=1S/C23H28BrNO4/c1-3-28-20-12-11-16(14-21(20)29-4-2)22(18-9-5-6-10-19(18)24)25-13-7-8-17(15-25)23(26)27/h5-6,9-12,14,17,22H,3-4,7-8,13,15H2,1-2H3,(H,26,27). The average Bonchev–Trinajstić information content (AvgIpc) is 2.72. The van der Waals surface area contributed by atoms with E-state index in [4.69, 9.17) is 9.47 Å². The molecule has 5 nitrogen and oxygen atoms in total. The van der Waals surface area contributed by atoms with Crippen molar-refractivity contribution in [3.63, 3.8) is 0 Å². The van der Waals surface area contributed by atoms with Crippen molar-refractivity contribution < 1.29 is 19.4 Å². The number of aliphatic carboxylic acids is 1.